The summed E-state index contributed by atoms with van der Waals surface area (Å²) in [6.07, 6.45) is 0. The molecule has 0 atom stereocenters. The zero-order valence-corrected chi connectivity index (χ0v) is 29.6. The molecule has 1 aliphatic heterocycles. The van der Waals surface area contributed by atoms with Crippen molar-refractivity contribution in [3.8, 4) is 33.4 Å². The Morgan fingerprint density at radius 2 is 1.02 bits per heavy atom. The van der Waals surface area contributed by atoms with E-state index in [-0.39, 0.29) is 0 Å². The van der Waals surface area contributed by atoms with E-state index in [2.05, 4.69) is 194 Å². The van der Waals surface area contributed by atoms with Crippen LogP contribution in [0.1, 0.15) is 0 Å². The lowest BCUT2D eigenvalue weighted by molar-refractivity contribution is 0.669. The van der Waals surface area contributed by atoms with Crippen molar-refractivity contribution in [1.82, 2.24) is 0 Å². The summed E-state index contributed by atoms with van der Waals surface area (Å²) in [6, 6.07) is 64.0. The highest BCUT2D eigenvalue weighted by Crippen LogP contribution is 2.43. The summed E-state index contributed by atoms with van der Waals surface area (Å²) in [7, 11) is -1.95. The number of nitrogens with zero attached hydrogens (tertiary/aromatic N) is 1. The maximum absolute atomic E-state index is 6.40. The molecule has 2 nitrogen and oxygen atoms in total. The molecule has 9 aromatic rings. The van der Waals surface area contributed by atoms with Crippen molar-refractivity contribution in [2.75, 3.05) is 4.90 Å². The van der Waals surface area contributed by atoms with E-state index >= 15 is 0 Å². The minimum Gasteiger partial charge on any atom is -0.456 e. The van der Waals surface area contributed by atoms with Crippen molar-refractivity contribution in [3.05, 3.63) is 176 Å². The Kier molecular flexibility index (Phi) is 6.67. The number of hydrogen-bond acceptors (Lipinski definition) is 2. The first-order valence-electron chi connectivity index (χ1n) is 17.7. The second-order valence-electron chi connectivity index (χ2n) is 14.2. The molecule has 0 spiro atoms. The molecule has 0 radical (unpaired) electrons. The second-order valence-corrected chi connectivity index (χ2v) is 18.5. The Bertz CT molecular complexity index is 2760. The molecule has 3 heteroatoms. The topological polar surface area (TPSA) is 16.4 Å². The van der Waals surface area contributed by atoms with Crippen LogP contribution in [0, 0.1) is 0 Å². The fourth-order valence-electron chi connectivity index (χ4n) is 8.24. The van der Waals surface area contributed by atoms with E-state index in [0.29, 0.717) is 0 Å². The molecule has 0 N–H and O–H groups in total. The van der Waals surface area contributed by atoms with E-state index in [1.54, 1.807) is 0 Å². The highest BCUT2D eigenvalue weighted by Gasteiger charge is 2.39. The van der Waals surface area contributed by atoms with Gasteiger partial charge in [0.2, 0.25) is 0 Å². The number of fused-ring (bicyclic) bond motifs is 8. The average Bonchev–Trinajstić information content (AvgIpc) is 3.67. The summed E-state index contributed by atoms with van der Waals surface area (Å²) >= 11 is 0. The van der Waals surface area contributed by atoms with E-state index in [1.165, 1.54) is 65.3 Å². The maximum atomic E-state index is 6.40. The fraction of sp³-hybridized carbons (Fsp3) is 0.0417. The highest BCUT2D eigenvalue weighted by atomic mass is 28.3. The van der Waals surface area contributed by atoms with E-state index in [0.717, 1.165) is 28.2 Å². The lowest BCUT2D eigenvalue weighted by Gasteiger charge is -2.27. The van der Waals surface area contributed by atoms with Crippen LogP contribution in [0.25, 0.3) is 66.1 Å². The average molecular weight is 670 g/mol. The maximum Gasteiger partial charge on any atom is 0.136 e. The van der Waals surface area contributed by atoms with Crippen LogP contribution >= 0.6 is 0 Å². The summed E-state index contributed by atoms with van der Waals surface area (Å²) in [6.45, 7) is 4.97. The van der Waals surface area contributed by atoms with Crippen LogP contribution in [-0.4, -0.2) is 8.07 Å². The van der Waals surface area contributed by atoms with Gasteiger partial charge in [-0.2, -0.15) is 0 Å². The number of para-hydroxylation sites is 1. The summed E-state index contributed by atoms with van der Waals surface area (Å²) in [4.78, 5) is 2.40. The Balaban J connectivity index is 1.13. The molecular weight excluding hydrogens is 635 g/mol. The predicted octanol–water partition coefficient (Wildman–Crippen LogP) is 12.3. The Labute approximate surface area is 298 Å². The van der Waals surface area contributed by atoms with E-state index in [4.69, 9.17) is 4.42 Å². The summed E-state index contributed by atoms with van der Waals surface area (Å²) < 4.78 is 6.40. The van der Waals surface area contributed by atoms with Crippen molar-refractivity contribution in [3.63, 3.8) is 0 Å². The van der Waals surface area contributed by atoms with Gasteiger partial charge in [-0.15, -0.1) is 0 Å². The number of hydrogen-bond donors (Lipinski definition) is 0. The van der Waals surface area contributed by atoms with Crippen LogP contribution < -0.4 is 15.3 Å². The van der Waals surface area contributed by atoms with E-state index in [1.807, 2.05) is 0 Å². The van der Waals surface area contributed by atoms with Crippen molar-refractivity contribution in [2.24, 2.45) is 0 Å². The fourth-order valence-corrected chi connectivity index (χ4v) is 11.3. The standard InChI is InChI=1S/C48H35NOSi/c1-51(2)45-28-26-40(31-42(45)48-46(51)29-27-44-47(48)41-14-8-9-15-43(41)50-44)49(38-22-18-34(19-23-38)32-10-4-3-5-11-32)39-24-20-35(21-25-39)37-17-16-33-12-6-7-13-36(33)30-37/h3-31H,1-2H3. The molecule has 1 aromatic heterocycles. The summed E-state index contributed by atoms with van der Waals surface area (Å²) in [5.41, 5.74) is 12.8. The number of rotatable bonds is 5. The molecule has 10 rings (SSSR count). The smallest absolute Gasteiger partial charge is 0.136 e. The molecule has 0 bridgehead atoms. The molecule has 8 aromatic carbocycles. The lowest BCUT2D eigenvalue weighted by Crippen LogP contribution is -2.49. The van der Waals surface area contributed by atoms with Gasteiger partial charge >= 0.3 is 0 Å². The molecule has 0 aliphatic carbocycles. The molecule has 0 amide bonds. The van der Waals surface area contributed by atoms with Gasteiger partial charge < -0.3 is 9.32 Å². The first kappa shape index (κ1) is 29.7. The Morgan fingerprint density at radius 3 is 1.78 bits per heavy atom. The zero-order chi connectivity index (χ0) is 34.1. The van der Waals surface area contributed by atoms with Gasteiger partial charge in [-0.1, -0.05) is 134 Å². The molecule has 51 heavy (non-hydrogen) atoms. The third-order valence-electron chi connectivity index (χ3n) is 10.9. The van der Waals surface area contributed by atoms with Gasteiger partial charge in [-0.3, -0.25) is 0 Å². The first-order chi connectivity index (χ1) is 25.0. The van der Waals surface area contributed by atoms with Crippen LogP contribution in [-0.2, 0) is 0 Å². The SMILES string of the molecule is C[Si]1(C)c2ccc(N(c3ccc(-c4ccccc4)cc3)c3ccc(-c4ccc5ccccc5c4)cc3)cc2-c2c1ccc1oc3ccccc3c21. The molecule has 0 saturated heterocycles. The third-order valence-corrected chi connectivity index (χ3v) is 14.4. The van der Waals surface area contributed by atoms with Crippen LogP contribution in [0.2, 0.25) is 13.1 Å². The van der Waals surface area contributed by atoms with Gasteiger partial charge in [-0.05, 0) is 109 Å². The van der Waals surface area contributed by atoms with Crippen LogP contribution in [0.15, 0.2) is 180 Å². The van der Waals surface area contributed by atoms with Gasteiger partial charge in [0, 0.05) is 27.8 Å². The normalized spacial score (nSPS) is 13.1. The van der Waals surface area contributed by atoms with Crippen LogP contribution in [0.5, 0.6) is 0 Å². The molecule has 242 valence electrons. The quantitative estimate of drug-likeness (QED) is 0.170. The highest BCUT2D eigenvalue weighted by molar-refractivity contribution is 7.04. The molecular formula is C48H35NOSi. The third kappa shape index (κ3) is 4.77. The Hall–Kier alpha value is -6.16. The summed E-state index contributed by atoms with van der Waals surface area (Å²) in [5.74, 6) is 0. The van der Waals surface area contributed by atoms with Crippen LogP contribution in [0.4, 0.5) is 17.1 Å². The monoisotopic (exact) mass is 669 g/mol. The number of furan rings is 1. The predicted molar refractivity (Wildman–Crippen MR) is 219 cm³/mol. The molecule has 0 fully saturated rings. The van der Waals surface area contributed by atoms with Gasteiger partial charge in [0.1, 0.15) is 19.2 Å². The van der Waals surface area contributed by atoms with Crippen molar-refractivity contribution in [2.45, 2.75) is 13.1 Å². The van der Waals surface area contributed by atoms with Gasteiger partial charge in [-0.25, -0.2) is 0 Å². The van der Waals surface area contributed by atoms with Crippen molar-refractivity contribution in [1.29, 1.82) is 0 Å². The largest absolute Gasteiger partial charge is 0.456 e. The summed E-state index contributed by atoms with van der Waals surface area (Å²) in [5, 5.41) is 7.89. The van der Waals surface area contributed by atoms with Gasteiger partial charge in [0.15, 0.2) is 0 Å². The Morgan fingerprint density at radius 1 is 0.431 bits per heavy atom. The minimum absolute atomic E-state index is 0.941. The van der Waals surface area contributed by atoms with Gasteiger partial charge in [0.05, 0.1) is 0 Å². The zero-order valence-electron chi connectivity index (χ0n) is 28.6. The lowest BCUT2D eigenvalue weighted by atomic mass is 9.98. The molecule has 1 aliphatic rings. The minimum atomic E-state index is -1.95. The number of benzene rings is 8. The van der Waals surface area contributed by atoms with E-state index in [9.17, 15) is 0 Å². The molecule has 0 saturated carbocycles. The van der Waals surface area contributed by atoms with Crippen molar-refractivity contribution >= 4 is 68.2 Å². The molecule has 2 heterocycles. The molecule has 0 unspecified atom stereocenters. The van der Waals surface area contributed by atoms with E-state index < -0.39 is 8.07 Å². The van der Waals surface area contributed by atoms with Crippen molar-refractivity contribution < 1.29 is 4.42 Å². The second kappa shape index (κ2) is 11.4. The van der Waals surface area contributed by atoms with Crippen LogP contribution in [0.3, 0.4) is 0 Å². The first-order valence-corrected chi connectivity index (χ1v) is 20.7. The number of anilines is 3. The van der Waals surface area contributed by atoms with Gasteiger partial charge in [0.25, 0.3) is 0 Å².